The predicted molar refractivity (Wildman–Crippen MR) is 59.0 cm³/mol. The van der Waals surface area contributed by atoms with Gasteiger partial charge in [-0.25, -0.2) is 0 Å². The van der Waals surface area contributed by atoms with Crippen LogP contribution in [0.1, 0.15) is 59.8 Å². The number of hydrogen-bond donors (Lipinski definition) is 0. The van der Waals surface area contributed by atoms with Gasteiger partial charge >= 0.3 is 0 Å². The number of rotatable bonds is 2. The normalized spacial score (nSPS) is 42.2. The van der Waals surface area contributed by atoms with E-state index >= 15 is 0 Å². The van der Waals surface area contributed by atoms with E-state index in [1.54, 1.807) is 0 Å². The Morgan fingerprint density at radius 1 is 1.00 bits per heavy atom. The lowest BCUT2D eigenvalue weighted by molar-refractivity contribution is -0.0284. The van der Waals surface area contributed by atoms with Crippen LogP contribution in [-0.4, -0.2) is 23.0 Å². The summed E-state index contributed by atoms with van der Waals surface area (Å²) in [5.74, 6) is 0. The minimum atomic E-state index is 0.447. The highest BCUT2D eigenvalue weighted by Gasteiger charge is 2.41. The van der Waals surface area contributed by atoms with Gasteiger partial charge in [-0.05, 0) is 53.0 Å². The second kappa shape index (κ2) is 3.61. The summed E-state index contributed by atoms with van der Waals surface area (Å²) >= 11 is 0. The minimum Gasteiger partial charge on any atom is -0.296 e. The van der Waals surface area contributed by atoms with Crippen LogP contribution in [0.5, 0.6) is 0 Å². The van der Waals surface area contributed by atoms with E-state index in [1.807, 2.05) is 0 Å². The van der Waals surface area contributed by atoms with Gasteiger partial charge in [0, 0.05) is 11.1 Å². The molecule has 0 spiro atoms. The van der Waals surface area contributed by atoms with Gasteiger partial charge in [0.25, 0.3) is 0 Å². The fourth-order valence-corrected chi connectivity index (χ4v) is 2.66. The molecule has 0 N–H and O–H groups in total. The monoisotopic (exact) mass is 183 g/mol. The molecule has 1 fully saturated rings. The van der Waals surface area contributed by atoms with Crippen molar-refractivity contribution in [1.82, 2.24) is 4.90 Å². The number of piperidine rings is 1. The number of hydrogen-bond acceptors (Lipinski definition) is 1. The average molecular weight is 183 g/mol. The Bertz CT molecular complexity index is 160. The Balaban J connectivity index is 2.83. The summed E-state index contributed by atoms with van der Waals surface area (Å²) in [5, 5.41) is 0. The van der Waals surface area contributed by atoms with Gasteiger partial charge in [0.15, 0.2) is 0 Å². The van der Waals surface area contributed by atoms with Gasteiger partial charge in [0.05, 0.1) is 0 Å². The molecule has 1 heteroatoms. The first-order chi connectivity index (χ1) is 5.98. The molecule has 1 aliphatic rings. The molecule has 0 aromatic heterocycles. The molecular weight excluding hydrogens is 158 g/mol. The van der Waals surface area contributed by atoms with Crippen molar-refractivity contribution in [2.45, 2.75) is 70.9 Å². The zero-order valence-electron chi connectivity index (χ0n) is 9.98. The first-order valence-electron chi connectivity index (χ1n) is 5.72. The van der Waals surface area contributed by atoms with Crippen LogP contribution in [-0.2, 0) is 0 Å². The lowest BCUT2D eigenvalue weighted by atomic mass is 9.76. The van der Waals surface area contributed by atoms with Gasteiger partial charge in [0.1, 0.15) is 0 Å². The molecule has 78 valence electrons. The Kier molecular flexibility index (Phi) is 3.06. The van der Waals surface area contributed by atoms with Crippen molar-refractivity contribution in [3.8, 4) is 0 Å². The molecule has 0 aliphatic carbocycles. The highest BCUT2D eigenvalue weighted by Crippen LogP contribution is 2.40. The average Bonchev–Trinajstić information content (AvgIpc) is 2.14. The molecule has 2 atom stereocenters. The minimum absolute atomic E-state index is 0.447. The van der Waals surface area contributed by atoms with E-state index in [2.05, 4.69) is 39.6 Å². The van der Waals surface area contributed by atoms with Crippen LogP contribution in [0.4, 0.5) is 0 Å². The van der Waals surface area contributed by atoms with Crippen LogP contribution >= 0.6 is 0 Å². The number of nitrogens with zero attached hydrogens (tertiary/aromatic N) is 1. The third-order valence-corrected chi connectivity index (χ3v) is 4.57. The molecule has 1 heterocycles. The molecule has 1 rings (SSSR count). The second-order valence-electron chi connectivity index (χ2n) is 5.11. The zero-order chi connectivity index (χ0) is 10.1. The van der Waals surface area contributed by atoms with Gasteiger partial charge in [0.2, 0.25) is 0 Å². The summed E-state index contributed by atoms with van der Waals surface area (Å²) < 4.78 is 0. The molecule has 0 saturated carbocycles. The molecule has 0 radical (unpaired) electrons. The van der Waals surface area contributed by atoms with Crippen molar-refractivity contribution in [2.24, 2.45) is 0 Å². The zero-order valence-corrected chi connectivity index (χ0v) is 9.98. The number of likely N-dealkylation sites (tertiary alicyclic amines) is 1. The van der Waals surface area contributed by atoms with E-state index in [0.717, 1.165) is 0 Å². The third kappa shape index (κ3) is 1.76. The van der Waals surface area contributed by atoms with Gasteiger partial charge in [-0.2, -0.15) is 0 Å². The van der Waals surface area contributed by atoms with Crippen LogP contribution in [0.2, 0.25) is 0 Å². The van der Waals surface area contributed by atoms with Gasteiger partial charge < -0.3 is 0 Å². The van der Waals surface area contributed by atoms with Crippen LogP contribution in [0.15, 0.2) is 0 Å². The Morgan fingerprint density at radius 2 is 1.38 bits per heavy atom. The molecule has 1 nitrogen and oxygen atoms in total. The molecule has 1 aliphatic heterocycles. The predicted octanol–water partition coefficient (Wildman–Crippen LogP) is 3.44. The van der Waals surface area contributed by atoms with Crippen molar-refractivity contribution < 1.29 is 0 Å². The van der Waals surface area contributed by atoms with Crippen molar-refractivity contribution in [1.29, 1.82) is 0 Å². The highest BCUT2D eigenvalue weighted by molar-refractivity contribution is 4.98. The van der Waals surface area contributed by atoms with E-state index < -0.39 is 0 Å². The Hall–Kier alpha value is -0.0400. The van der Waals surface area contributed by atoms with E-state index in [1.165, 1.54) is 32.1 Å². The first-order valence-corrected chi connectivity index (χ1v) is 5.72. The summed E-state index contributed by atoms with van der Waals surface area (Å²) in [5.41, 5.74) is 0.895. The summed E-state index contributed by atoms with van der Waals surface area (Å²) in [6, 6.07) is 0. The largest absolute Gasteiger partial charge is 0.296 e. The second-order valence-corrected chi connectivity index (χ2v) is 5.11. The maximum absolute atomic E-state index is 2.63. The molecule has 1 saturated heterocycles. The fourth-order valence-electron chi connectivity index (χ4n) is 2.66. The maximum atomic E-state index is 2.63. The molecule has 0 bridgehead atoms. The summed E-state index contributed by atoms with van der Waals surface area (Å²) in [7, 11) is 2.31. The van der Waals surface area contributed by atoms with Crippen molar-refractivity contribution in [2.75, 3.05) is 7.05 Å². The van der Waals surface area contributed by atoms with Crippen LogP contribution in [0.25, 0.3) is 0 Å². The topological polar surface area (TPSA) is 3.24 Å². The fraction of sp³-hybridized carbons (Fsp3) is 1.00. The highest BCUT2D eigenvalue weighted by atomic mass is 15.2. The third-order valence-electron chi connectivity index (χ3n) is 4.57. The summed E-state index contributed by atoms with van der Waals surface area (Å²) in [6.07, 6.45) is 6.70. The quantitative estimate of drug-likeness (QED) is 0.634. The SMILES string of the molecule is CCC1(C)CCCC(C)(CC)N1C. The van der Waals surface area contributed by atoms with Crippen LogP contribution in [0, 0.1) is 0 Å². The summed E-state index contributed by atoms with van der Waals surface area (Å²) in [6.45, 7) is 9.47. The standard InChI is InChI=1S/C12H25N/c1-6-11(3)9-8-10-12(4,7-2)13(11)5/h6-10H2,1-5H3. The first kappa shape index (κ1) is 11.0. The van der Waals surface area contributed by atoms with Crippen molar-refractivity contribution in [3.05, 3.63) is 0 Å². The van der Waals surface area contributed by atoms with Crippen molar-refractivity contribution in [3.63, 3.8) is 0 Å². The Morgan fingerprint density at radius 3 is 1.69 bits per heavy atom. The Labute approximate surface area is 83.5 Å². The van der Waals surface area contributed by atoms with Crippen molar-refractivity contribution >= 4 is 0 Å². The van der Waals surface area contributed by atoms with Gasteiger partial charge in [-0.3, -0.25) is 4.90 Å². The maximum Gasteiger partial charge on any atom is 0.0181 e. The van der Waals surface area contributed by atoms with E-state index in [9.17, 15) is 0 Å². The summed E-state index contributed by atoms with van der Waals surface area (Å²) in [4.78, 5) is 2.63. The van der Waals surface area contributed by atoms with Gasteiger partial charge in [-0.15, -0.1) is 0 Å². The molecular formula is C12H25N. The molecule has 0 aromatic carbocycles. The van der Waals surface area contributed by atoms with E-state index in [0.29, 0.717) is 11.1 Å². The van der Waals surface area contributed by atoms with Crippen LogP contribution < -0.4 is 0 Å². The molecule has 13 heavy (non-hydrogen) atoms. The van der Waals surface area contributed by atoms with Crippen LogP contribution in [0.3, 0.4) is 0 Å². The smallest absolute Gasteiger partial charge is 0.0181 e. The van der Waals surface area contributed by atoms with Gasteiger partial charge in [-0.1, -0.05) is 13.8 Å². The van der Waals surface area contributed by atoms with E-state index in [-0.39, 0.29) is 0 Å². The lowest BCUT2D eigenvalue weighted by Gasteiger charge is -2.53. The molecule has 0 aromatic rings. The van der Waals surface area contributed by atoms with E-state index in [4.69, 9.17) is 0 Å². The lowest BCUT2D eigenvalue weighted by Crippen LogP contribution is -2.58. The molecule has 2 unspecified atom stereocenters. The molecule has 0 amide bonds.